The van der Waals surface area contributed by atoms with Crippen molar-refractivity contribution in [2.45, 2.75) is 38.8 Å². The number of nitrogens with two attached hydrogens (primary N) is 1. The molecular formula is C22H26ClN3O. The van der Waals surface area contributed by atoms with E-state index in [-0.39, 0.29) is 24.4 Å². The number of carbonyl (C=O) groups is 1. The van der Waals surface area contributed by atoms with E-state index in [9.17, 15) is 4.79 Å². The molecule has 1 amide bonds. The number of nitrogens with zero attached hydrogens (tertiary/aromatic N) is 1. The zero-order valence-corrected chi connectivity index (χ0v) is 16.6. The third kappa shape index (κ3) is 3.73. The molecule has 4 rings (SSSR count). The molecule has 5 heteroatoms. The van der Waals surface area contributed by atoms with Gasteiger partial charge in [-0.2, -0.15) is 0 Å². The zero-order chi connectivity index (χ0) is 18.3. The third-order valence-corrected chi connectivity index (χ3v) is 5.36. The molecule has 142 valence electrons. The lowest BCUT2D eigenvalue weighted by Gasteiger charge is -2.18. The average molecular weight is 384 g/mol. The number of fused-ring (bicyclic) bond motifs is 1. The maximum Gasteiger partial charge on any atom is 0.253 e. The van der Waals surface area contributed by atoms with Crippen LogP contribution in [0.25, 0.3) is 10.8 Å². The molecule has 0 bridgehead atoms. The summed E-state index contributed by atoms with van der Waals surface area (Å²) in [5.74, 6) is -0.0476. The van der Waals surface area contributed by atoms with Crippen LogP contribution in [0.3, 0.4) is 0 Å². The highest BCUT2D eigenvalue weighted by molar-refractivity contribution is 5.96. The van der Waals surface area contributed by atoms with Gasteiger partial charge in [-0.3, -0.25) is 4.79 Å². The molecule has 0 spiro atoms. The SMILES string of the molecule is Cc1cc(C(=O)N[C@@H](CN)c2ccc3ccccc3c2)c(C)n1C1CC1.Cl. The maximum atomic E-state index is 12.9. The number of amides is 1. The van der Waals surface area contributed by atoms with Crippen molar-refractivity contribution in [1.29, 1.82) is 0 Å². The summed E-state index contributed by atoms with van der Waals surface area (Å²) in [6.45, 7) is 4.48. The number of hydrogen-bond acceptors (Lipinski definition) is 2. The van der Waals surface area contributed by atoms with Crippen molar-refractivity contribution in [3.8, 4) is 0 Å². The largest absolute Gasteiger partial charge is 0.345 e. The second-order valence-electron chi connectivity index (χ2n) is 7.25. The molecule has 1 saturated carbocycles. The van der Waals surface area contributed by atoms with Crippen LogP contribution in [0.2, 0.25) is 0 Å². The van der Waals surface area contributed by atoms with Crippen LogP contribution in [0.15, 0.2) is 48.5 Å². The van der Waals surface area contributed by atoms with Gasteiger partial charge in [-0.1, -0.05) is 36.4 Å². The van der Waals surface area contributed by atoms with Crippen molar-refractivity contribution in [1.82, 2.24) is 9.88 Å². The highest BCUT2D eigenvalue weighted by Gasteiger charge is 2.28. The quantitative estimate of drug-likeness (QED) is 0.684. The molecule has 27 heavy (non-hydrogen) atoms. The van der Waals surface area contributed by atoms with Gasteiger partial charge in [-0.05, 0) is 55.2 Å². The predicted octanol–water partition coefficient (Wildman–Crippen LogP) is 4.44. The second-order valence-corrected chi connectivity index (χ2v) is 7.25. The number of carbonyl (C=O) groups excluding carboxylic acids is 1. The van der Waals surface area contributed by atoms with Crippen LogP contribution in [-0.4, -0.2) is 17.0 Å². The van der Waals surface area contributed by atoms with E-state index in [1.165, 1.54) is 18.2 Å². The van der Waals surface area contributed by atoms with Gasteiger partial charge in [0.25, 0.3) is 5.91 Å². The van der Waals surface area contributed by atoms with Gasteiger partial charge < -0.3 is 15.6 Å². The van der Waals surface area contributed by atoms with E-state index in [2.05, 4.69) is 41.1 Å². The molecule has 2 aromatic carbocycles. The van der Waals surface area contributed by atoms with E-state index >= 15 is 0 Å². The van der Waals surface area contributed by atoms with Crippen LogP contribution in [0.5, 0.6) is 0 Å². The fraction of sp³-hybridized carbons (Fsp3) is 0.318. The van der Waals surface area contributed by atoms with Gasteiger partial charge in [-0.25, -0.2) is 0 Å². The highest BCUT2D eigenvalue weighted by atomic mass is 35.5. The van der Waals surface area contributed by atoms with E-state index < -0.39 is 0 Å². The van der Waals surface area contributed by atoms with Crippen molar-refractivity contribution in [2.24, 2.45) is 5.73 Å². The Labute approximate surface area is 166 Å². The number of aryl methyl sites for hydroxylation is 1. The number of halogens is 1. The van der Waals surface area contributed by atoms with E-state index in [0.717, 1.165) is 27.9 Å². The predicted molar refractivity (Wildman–Crippen MR) is 113 cm³/mol. The number of rotatable bonds is 5. The average Bonchev–Trinajstić information content (AvgIpc) is 3.44. The van der Waals surface area contributed by atoms with Crippen LogP contribution in [0.1, 0.15) is 52.2 Å². The molecule has 0 unspecified atom stereocenters. The van der Waals surface area contributed by atoms with Crippen LogP contribution in [0.4, 0.5) is 0 Å². The van der Waals surface area contributed by atoms with Crippen LogP contribution in [-0.2, 0) is 0 Å². The Morgan fingerprint density at radius 1 is 1.15 bits per heavy atom. The van der Waals surface area contributed by atoms with Crippen molar-refractivity contribution in [3.05, 3.63) is 71.0 Å². The fourth-order valence-corrected chi connectivity index (χ4v) is 3.84. The molecule has 1 heterocycles. The normalized spacial score (nSPS) is 14.6. The maximum absolute atomic E-state index is 12.9. The lowest BCUT2D eigenvalue weighted by Crippen LogP contribution is -2.33. The van der Waals surface area contributed by atoms with Crippen molar-refractivity contribution in [3.63, 3.8) is 0 Å². The summed E-state index contributed by atoms with van der Waals surface area (Å²) in [6, 6.07) is 16.8. The molecule has 0 radical (unpaired) electrons. The molecule has 1 aromatic heterocycles. The summed E-state index contributed by atoms with van der Waals surface area (Å²) in [7, 11) is 0. The topological polar surface area (TPSA) is 60.1 Å². The van der Waals surface area contributed by atoms with E-state index in [4.69, 9.17) is 5.73 Å². The summed E-state index contributed by atoms with van der Waals surface area (Å²) < 4.78 is 2.29. The molecule has 1 atom stereocenters. The van der Waals surface area contributed by atoms with Gasteiger partial charge in [0.1, 0.15) is 0 Å². The minimum absolute atomic E-state index is 0. The Morgan fingerprint density at radius 2 is 1.85 bits per heavy atom. The first-order chi connectivity index (χ1) is 12.6. The van der Waals surface area contributed by atoms with Crippen molar-refractivity contribution < 1.29 is 4.79 Å². The van der Waals surface area contributed by atoms with Crippen LogP contribution >= 0.6 is 12.4 Å². The summed E-state index contributed by atoms with van der Waals surface area (Å²) >= 11 is 0. The highest BCUT2D eigenvalue weighted by Crippen LogP contribution is 2.38. The monoisotopic (exact) mass is 383 g/mol. The Morgan fingerprint density at radius 3 is 2.52 bits per heavy atom. The Balaban J connectivity index is 0.00000210. The van der Waals surface area contributed by atoms with Gasteiger partial charge in [-0.15, -0.1) is 12.4 Å². The molecule has 3 N–H and O–H groups in total. The standard InChI is InChI=1S/C22H25N3O.ClH/c1-14-11-20(15(2)25(14)19-9-10-19)22(26)24-21(13-23)18-8-7-16-5-3-4-6-17(16)12-18;/h3-8,11-12,19,21H,9-10,13,23H2,1-2H3,(H,24,26);1H/t21-;/m0./s1. The first kappa shape index (κ1) is 19.5. The molecule has 1 fully saturated rings. The van der Waals surface area contributed by atoms with Crippen LogP contribution < -0.4 is 11.1 Å². The number of benzene rings is 2. The summed E-state index contributed by atoms with van der Waals surface area (Å²) in [6.07, 6.45) is 2.42. The second kappa shape index (κ2) is 7.75. The van der Waals surface area contributed by atoms with Crippen LogP contribution in [0, 0.1) is 13.8 Å². The molecule has 1 aliphatic carbocycles. The molecular weight excluding hydrogens is 358 g/mol. The minimum Gasteiger partial charge on any atom is -0.345 e. The summed E-state index contributed by atoms with van der Waals surface area (Å²) in [5, 5.41) is 5.47. The lowest BCUT2D eigenvalue weighted by atomic mass is 10.0. The Bertz CT molecular complexity index is 975. The zero-order valence-electron chi connectivity index (χ0n) is 15.7. The molecule has 3 aromatic rings. The molecule has 0 saturated heterocycles. The van der Waals surface area contributed by atoms with E-state index in [1.54, 1.807) is 0 Å². The van der Waals surface area contributed by atoms with Gasteiger partial charge in [0, 0.05) is 24.0 Å². The lowest BCUT2D eigenvalue weighted by molar-refractivity contribution is 0.0937. The van der Waals surface area contributed by atoms with Gasteiger partial charge in [0.2, 0.25) is 0 Å². The van der Waals surface area contributed by atoms with Gasteiger partial charge >= 0.3 is 0 Å². The fourth-order valence-electron chi connectivity index (χ4n) is 3.84. The van der Waals surface area contributed by atoms with E-state index in [0.29, 0.717) is 12.6 Å². The number of aromatic nitrogens is 1. The van der Waals surface area contributed by atoms with E-state index in [1.807, 2.05) is 31.2 Å². The minimum atomic E-state index is -0.198. The van der Waals surface area contributed by atoms with Gasteiger partial charge in [0.15, 0.2) is 0 Å². The third-order valence-electron chi connectivity index (χ3n) is 5.36. The Hall–Kier alpha value is -2.30. The number of hydrogen-bond donors (Lipinski definition) is 2. The Kier molecular flexibility index (Phi) is 5.59. The summed E-state index contributed by atoms with van der Waals surface area (Å²) in [4.78, 5) is 12.9. The molecule has 1 aliphatic rings. The summed E-state index contributed by atoms with van der Waals surface area (Å²) in [5.41, 5.74) is 9.99. The van der Waals surface area contributed by atoms with Gasteiger partial charge in [0.05, 0.1) is 11.6 Å². The van der Waals surface area contributed by atoms with Crippen molar-refractivity contribution >= 4 is 29.1 Å². The van der Waals surface area contributed by atoms with Crippen molar-refractivity contribution in [2.75, 3.05) is 6.54 Å². The molecule has 4 nitrogen and oxygen atoms in total. The smallest absolute Gasteiger partial charge is 0.253 e. The first-order valence-electron chi connectivity index (χ1n) is 9.26. The first-order valence-corrected chi connectivity index (χ1v) is 9.26. The molecule has 0 aliphatic heterocycles. The number of nitrogens with one attached hydrogen (secondary N) is 1.